The predicted molar refractivity (Wildman–Crippen MR) is 152 cm³/mol. The minimum absolute atomic E-state index is 0.0656. The normalized spacial score (nSPS) is 11.7. The average molecular weight is 612 g/mol. The summed E-state index contributed by atoms with van der Waals surface area (Å²) in [6, 6.07) is 19.9. The second-order valence-corrected chi connectivity index (χ2v) is 10.00. The third-order valence-electron chi connectivity index (χ3n) is 6.21. The van der Waals surface area contributed by atoms with Crippen LogP contribution >= 0.6 is 11.8 Å². The third kappa shape index (κ3) is 6.99. The number of nitrogens with one attached hydrogen (secondary N) is 1. The number of hydrogen-bond acceptors (Lipinski definition) is 7. The van der Waals surface area contributed by atoms with Gasteiger partial charge in [0.15, 0.2) is 11.0 Å². The van der Waals surface area contributed by atoms with E-state index in [1.165, 1.54) is 6.21 Å². The zero-order valence-electron chi connectivity index (χ0n) is 22.7. The van der Waals surface area contributed by atoms with Crippen LogP contribution in [0.2, 0.25) is 0 Å². The highest BCUT2D eigenvalue weighted by Crippen LogP contribution is 2.26. The number of carbonyl (C=O) groups is 1. The van der Waals surface area contributed by atoms with Gasteiger partial charge in [-0.05, 0) is 25.1 Å². The Bertz CT molecular complexity index is 1700. The lowest BCUT2D eigenvalue weighted by Crippen LogP contribution is -2.20. The summed E-state index contributed by atoms with van der Waals surface area (Å²) < 4.78 is 57.0. The molecule has 0 bridgehead atoms. The second-order valence-electron chi connectivity index (χ2n) is 9.06. The number of thioether (sulfide) groups is 1. The molecular formula is C28H25F4N9OS. The quantitative estimate of drug-likeness (QED) is 0.0863. The first kappa shape index (κ1) is 29.7. The zero-order valence-corrected chi connectivity index (χ0v) is 23.5. The highest BCUT2D eigenvalue weighted by atomic mass is 32.2. The number of halogens is 4. The van der Waals surface area contributed by atoms with Crippen molar-refractivity contribution in [2.45, 2.75) is 38.0 Å². The molecule has 3 aromatic heterocycles. The Hall–Kier alpha value is -4.79. The molecule has 0 saturated carbocycles. The molecule has 10 nitrogen and oxygen atoms in total. The molecule has 0 aliphatic heterocycles. The largest absolute Gasteiger partial charge is 0.305 e. The number of hydrazone groups is 1. The molecule has 15 heteroatoms. The van der Waals surface area contributed by atoms with E-state index in [1.54, 1.807) is 16.2 Å². The number of carbonyl (C=O) groups excluding carboxylic acids is 1. The summed E-state index contributed by atoms with van der Waals surface area (Å²) in [6.45, 7) is 1.85. The highest BCUT2D eigenvalue weighted by Gasteiger charge is 2.23. The van der Waals surface area contributed by atoms with Crippen LogP contribution in [0.15, 0.2) is 83.2 Å². The lowest BCUT2D eigenvalue weighted by molar-refractivity contribution is -0.118. The molecular weight excluding hydrogens is 586 g/mol. The van der Waals surface area contributed by atoms with Crippen molar-refractivity contribution in [1.29, 1.82) is 0 Å². The summed E-state index contributed by atoms with van der Waals surface area (Å²) in [7, 11) is 0. The average Bonchev–Trinajstić information content (AvgIpc) is 3.74. The van der Waals surface area contributed by atoms with Gasteiger partial charge in [-0.2, -0.15) is 15.3 Å². The van der Waals surface area contributed by atoms with Crippen molar-refractivity contribution >= 4 is 23.9 Å². The van der Waals surface area contributed by atoms with Crippen LogP contribution in [0.1, 0.15) is 42.6 Å². The van der Waals surface area contributed by atoms with Gasteiger partial charge in [-0.25, -0.2) is 27.7 Å². The summed E-state index contributed by atoms with van der Waals surface area (Å²) in [5.41, 5.74) is 4.24. The molecule has 1 amide bonds. The SMILES string of the molecule is CCn1c(Cn2nc(C(F)F)cc2C(F)F)nnc1SCC(=O)N/N=C/c1cn(-c2ccccc2)nc1-c1ccccc1. The maximum Gasteiger partial charge on any atom is 0.282 e. The van der Waals surface area contributed by atoms with Gasteiger partial charge in [0.25, 0.3) is 18.8 Å². The van der Waals surface area contributed by atoms with Crippen molar-refractivity contribution in [2.75, 3.05) is 5.75 Å². The summed E-state index contributed by atoms with van der Waals surface area (Å²) in [5, 5.41) is 20.8. The second kappa shape index (κ2) is 13.5. The molecule has 0 fully saturated rings. The molecule has 5 aromatic rings. The van der Waals surface area contributed by atoms with Crippen LogP contribution in [0.25, 0.3) is 16.9 Å². The van der Waals surface area contributed by atoms with Crippen LogP contribution < -0.4 is 5.43 Å². The molecule has 43 heavy (non-hydrogen) atoms. The topological polar surface area (TPSA) is 108 Å². The summed E-state index contributed by atoms with van der Waals surface area (Å²) in [6.07, 6.45) is -2.65. The van der Waals surface area contributed by atoms with Crippen LogP contribution in [-0.2, 0) is 17.9 Å². The molecule has 0 aliphatic carbocycles. The molecule has 0 spiro atoms. The van der Waals surface area contributed by atoms with Crippen molar-refractivity contribution in [3.05, 3.63) is 95.7 Å². The first-order valence-corrected chi connectivity index (χ1v) is 14.0. The fourth-order valence-corrected chi connectivity index (χ4v) is 5.02. The van der Waals surface area contributed by atoms with E-state index in [4.69, 9.17) is 5.10 Å². The van der Waals surface area contributed by atoms with Gasteiger partial charge in [-0.15, -0.1) is 10.2 Å². The Kier molecular flexibility index (Phi) is 9.29. The van der Waals surface area contributed by atoms with E-state index in [0.29, 0.717) is 29.0 Å². The first-order chi connectivity index (χ1) is 20.8. The minimum atomic E-state index is -2.99. The summed E-state index contributed by atoms with van der Waals surface area (Å²) in [4.78, 5) is 12.6. The smallest absolute Gasteiger partial charge is 0.282 e. The molecule has 0 unspecified atom stereocenters. The number of amides is 1. The number of alkyl halides is 4. The number of nitrogens with zero attached hydrogens (tertiary/aromatic N) is 8. The number of hydrogen-bond donors (Lipinski definition) is 1. The Morgan fingerprint density at radius 3 is 2.40 bits per heavy atom. The Morgan fingerprint density at radius 2 is 1.72 bits per heavy atom. The fraction of sp³-hybridized carbons (Fsp3) is 0.214. The lowest BCUT2D eigenvalue weighted by atomic mass is 10.1. The van der Waals surface area contributed by atoms with E-state index < -0.39 is 30.1 Å². The Labute approximate surface area is 247 Å². The van der Waals surface area contributed by atoms with Crippen LogP contribution in [0.3, 0.4) is 0 Å². The zero-order chi connectivity index (χ0) is 30.3. The van der Waals surface area contributed by atoms with Crippen molar-refractivity contribution in [3.8, 4) is 16.9 Å². The van der Waals surface area contributed by atoms with Crippen LogP contribution in [0, 0.1) is 0 Å². The van der Waals surface area contributed by atoms with Crippen LogP contribution in [-0.4, -0.2) is 52.2 Å². The van der Waals surface area contributed by atoms with Gasteiger partial charge in [-0.3, -0.25) is 9.48 Å². The molecule has 0 saturated heterocycles. The minimum Gasteiger partial charge on any atom is -0.305 e. The highest BCUT2D eigenvalue weighted by molar-refractivity contribution is 7.99. The summed E-state index contributed by atoms with van der Waals surface area (Å²) in [5.74, 6) is -0.249. The standard InChI is InChI=1S/C28H25F4N9OS/c1-2-39-23(16-41-22(27(31)32)13-21(37-41)26(29)30)34-36-28(39)43-17-24(42)35-33-14-19-15-40(20-11-7-4-8-12-20)38-25(19)18-9-5-3-6-10-18/h3-15,26-27H,2,16-17H2,1H3,(H,35,42)/b33-14+. The molecule has 0 atom stereocenters. The van der Waals surface area contributed by atoms with Gasteiger partial charge < -0.3 is 4.57 Å². The van der Waals surface area contributed by atoms with Crippen molar-refractivity contribution in [2.24, 2.45) is 5.10 Å². The van der Waals surface area contributed by atoms with Gasteiger partial charge in [0.05, 0.1) is 17.7 Å². The maximum atomic E-state index is 13.4. The van der Waals surface area contributed by atoms with E-state index >= 15 is 0 Å². The van der Waals surface area contributed by atoms with Gasteiger partial charge in [0.1, 0.15) is 23.6 Å². The summed E-state index contributed by atoms with van der Waals surface area (Å²) >= 11 is 1.07. The molecule has 222 valence electrons. The van der Waals surface area contributed by atoms with Crippen LogP contribution in [0.5, 0.6) is 0 Å². The van der Waals surface area contributed by atoms with E-state index in [1.807, 2.05) is 66.9 Å². The number of aromatic nitrogens is 7. The van der Waals surface area contributed by atoms with Gasteiger partial charge in [-0.1, -0.05) is 60.3 Å². The molecule has 1 N–H and O–H groups in total. The van der Waals surface area contributed by atoms with Crippen molar-refractivity contribution < 1.29 is 22.4 Å². The predicted octanol–water partition coefficient (Wildman–Crippen LogP) is 5.51. The van der Waals surface area contributed by atoms with E-state index in [-0.39, 0.29) is 18.1 Å². The number of benzene rings is 2. The molecule has 2 aromatic carbocycles. The van der Waals surface area contributed by atoms with Crippen molar-refractivity contribution in [3.63, 3.8) is 0 Å². The number of rotatable bonds is 12. The van der Waals surface area contributed by atoms with E-state index in [0.717, 1.165) is 27.7 Å². The van der Waals surface area contributed by atoms with Crippen LogP contribution in [0.4, 0.5) is 17.6 Å². The Morgan fingerprint density at radius 1 is 1.00 bits per heavy atom. The van der Waals surface area contributed by atoms with E-state index in [2.05, 4.69) is 25.8 Å². The van der Waals surface area contributed by atoms with Gasteiger partial charge in [0.2, 0.25) is 0 Å². The van der Waals surface area contributed by atoms with E-state index in [9.17, 15) is 22.4 Å². The monoisotopic (exact) mass is 611 g/mol. The van der Waals surface area contributed by atoms with Gasteiger partial charge >= 0.3 is 0 Å². The molecule has 3 heterocycles. The maximum absolute atomic E-state index is 13.4. The molecule has 0 aliphatic rings. The number of para-hydroxylation sites is 1. The molecule has 5 rings (SSSR count). The van der Waals surface area contributed by atoms with Crippen molar-refractivity contribution in [1.82, 2.24) is 39.8 Å². The lowest BCUT2D eigenvalue weighted by Gasteiger charge is -2.09. The Balaban J connectivity index is 1.25. The first-order valence-electron chi connectivity index (χ1n) is 13.0. The molecule has 0 radical (unpaired) electrons. The van der Waals surface area contributed by atoms with Gasteiger partial charge in [0, 0.05) is 23.9 Å². The third-order valence-corrected chi connectivity index (χ3v) is 7.18. The fourth-order valence-electron chi connectivity index (χ4n) is 4.21.